The summed E-state index contributed by atoms with van der Waals surface area (Å²) in [6, 6.07) is 5.62. The molecule has 0 bridgehead atoms. The van der Waals surface area contributed by atoms with Crippen molar-refractivity contribution in [2.45, 2.75) is 13.3 Å². The number of anilines is 2. The zero-order valence-electron chi connectivity index (χ0n) is 12.9. The van der Waals surface area contributed by atoms with E-state index in [1.165, 1.54) is 6.33 Å². The number of amides is 2. The van der Waals surface area contributed by atoms with Crippen molar-refractivity contribution in [1.82, 2.24) is 15.2 Å². The quantitative estimate of drug-likeness (QED) is 0.880. The monoisotopic (exact) mass is 315 g/mol. The molecule has 8 heteroatoms. The molecule has 2 N–H and O–H groups in total. The first-order valence-corrected chi connectivity index (χ1v) is 7.19. The van der Waals surface area contributed by atoms with Gasteiger partial charge in [-0.1, -0.05) is 6.07 Å². The van der Waals surface area contributed by atoms with Crippen molar-refractivity contribution in [2.75, 3.05) is 23.9 Å². The fourth-order valence-electron chi connectivity index (χ4n) is 2.61. The maximum atomic E-state index is 12.3. The molecule has 0 saturated carbocycles. The summed E-state index contributed by atoms with van der Waals surface area (Å²) in [5.41, 5.74) is 1.70. The van der Waals surface area contributed by atoms with Crippen LogP contribution < -0.4 is 15.0 Å². The fraction of sp³-hybridized carbons (Fsp3) is 0.333. The van der Waals surface area contributed by atoms with Crippen molar-refractivity contribution >= 4 is 23.5 Å². The normalized spacial score (nSPS) is 17.4. The molecule has 2 aromatic rings. The van der Waals surface area contributed by atoms with Crippen molar-refractivity contribution < 1.29 is 14.3 Å². The second-order valence-electron chi connectivity index (χ2n) is 5.40. The Bertz CT molecular complexity index is 729. The number of carbonyl (C=O) groups excluding carboxylic acids is 2. The van der Waals surface area contributed by atoms with Gasteiger partial charge >= 0.3 is 0 Å². The lowest BCUT2D eigenvalue weighted by Gasteiger charge is -2.20. The predicted molar refractivity (Wildman–Crippen MR) is 83.2 cm³/mol. The fourth-order valence-corrected chi connectivity index (χ4v) is 2.61. The Labute approximate surface area is 132 Å². The van der Waals surface area contributed by atoms with Crippen LogP contribution in [0.15, 0.2) is 24.5 Å². The lowest BCUT2D eigenvalue weighted by Crippen LogP contribution is -2.28. The lowest BCUT2D eigenvalue weighted by atomic mass is 10.1. The molecule has 1 saturated heterocycles. The molecule has 8 nitrogen and oxygen atoms in total. The van der Waals surface area contributed by atoms with Crippen LogP contribution in [-0.2, 0) is 9.59 Å². The first-order valence-electron chi connectivity index (χ1n) is 7.19. The van der Waals surface area contributed by atoms with Crippen LogP contribution in [0, 0.1) is 12.8 Å². The minimum Gasteiger partial charge on any atom is -0.495 e. The number of benzene rings is 1. The highest BCUT2D eigenvalue weighted by Crippen LogP contribution is 2.34. The van der Waals surface area contributed by atoms with Gasteiger partial charge < -0.3 is 9.64 Å². The molecule has 1 aliphatic rings. The van der Waals surface area contributed by atoms with Crippen LogP contribution in [0.5, 0.6) is 5.75 Å². The maximum Gasteiger partial charge on any atom is 0.232 e. The number of rotatable bonds is 4. The van der Waals surface area contributed by atoms with E-state index in [1.54, 1.807) is 12.0 Å². The number of nitrogens with one attached hydrogen (secondary N) is 2. The van der Waals surface area contributed by atoms with Crippen molar-refractivity contribution in [1.29, 1.82) is 0 Å². The van der Waals surface area contributed by atoms with Crippen LogP contribution in [0.2, 0.25) is 0 Å². The molecule has 1 aliphatic heterocycles. The van der Waals surface area contributed by atoms with Crippen molar-refractivity contribution in [2.24, 2.45) is 5.92 Å². The van der Waals surface area contributed by atoms with Gasteiger partial charge in [-0.2, -0.15) is 10.1 Å². The first-order chi connectivity index (χ1) is 11.1. The van der Waals surface area contributed by atoms with Gasteiger partial charge in [-0.3, -0.25) is 14.9 Å². The minimum atomic E-state index is -0.446. The topological polar surface area (TPSA) is 100 Å². The number of H-pyrrole nitrogens is 1. The number of ether oxygens (including phenoxy) is 1. The summed E-state index contributed by atoms with van der Waals surface area (Å²) >= 11 is 0. The summed E-state index contributed by atoms with van der Waals surface area (Å²) in [6.07, 6.45) is 1.45. The summed E-state index contributed by atoms with van der Waals surface area (Å²) in [6.45, 7) is 2.25. The summed E-state index contributed by atoms with van der Waals surface area (Å²) < 4.78 is 5.32. The zero-order chi connectivity index (χ0) is 16.4. The molecular formula is C15H17N5O3. The van der Waals surface area contributed by atoms with E-state index in [9.17, 15) is 9.59 Å². The zero-order valence-corrected chi connectivity index (χ0v) is 12.9. The summed E-state index contributed by atoms with van der Waals surface area (Å²) in [4.78, 5) is 30.0. The number of methoxy groups -OCH3 is 1. The molecule has 1 fully saturated rings. The van der Waals surface area contributed by atoms with Crippen LogP contribution in [0.4, 0.5) is 11.6 Å². The van der Waals surface area contributed by atoms with Gasteiger partial charge in [-0.05, 0) is 24.6 Å². The number of carbonyl (C=O) groups is 2. The molecule has 2 amide bonds. The SMILES string of the molecule is COc1ccc(C)cc1N1CC(C(=O)Nc2ncn[nH]2)CC1=O. The molecule has 1 atom stereocenters. The van der Waals surface area contributed by atoms with E-state index in [2.05, 4.69) is 20.5 Å². The number of hydrogen-bond donors (Lipinski definition) is 2. The van der Waals surface area contributed by atoms with Crippen LogP contribution in [0.1, 0.15) is 12.0 Å². The van der Waals surface area contributed by atoms with Crippen LogP contribution >= 0.6 is 0 Å². The van der Waals surface area contributed by atoms with Crippen LogP contribution in [-0.4, -0.2) is 40.7 Å². The summed E-state index contributed by atoms with van der Waals surface area (Å²) in [7, 11) is 1.56. The number of aryl methyl sites for hydroxylation is 1. The van der Waals surface area contributed by atoms with E-state index in [0.717, 1.165) is 5.56 Å². The Hall–Kier alpha value is -2.90. The number of nitrogens with zero attached hydrogens (tertiary/aromatic N) is 3. The van der Waals surface area contributed by atoms with Gasteiger partial charge in [0.15, 0.2) is 0 Å². The average molecular weight is 315 g/mol. The summed E-state index contributed by atoms with van der Waals surface area (Å²) in [5.74, 6) is 0.0722. The number of hydrogen-bond acceptors (Lipinski definition) is 5. The molecule has 2 heterocycles. The van der Waals surface area contributed by atoms with Gasteiger partial charge in [0.25, 0.3) is 0 Å². The van der Waals surface area contributed by atoms with E-state index >= 15 is 0 Å². The summed E-state index contributed by atoms with van der Waals surface area (Å²) in [5, 5.41) is 8.84. The molecule has 0 aliphatic carbocycles. The van der Waals surface area contributed by atoms with Crippen LogP contribution in [0.3, 0.4) is 0 Å². The number of aromatic amines is 1. The third-order valence-electron chi connectivity index (χ3n) is 3.78. The molecular weight excluding hydrogens is 298 g/mol. The number of aromatic nitrogens is 3. The van der Waals surface area contributed by atoms with E-state index in [1.807, 2.05) is 25.1 Å². The molecule has 1 aromatic carbocycles. The molecule has 1 aromatic heterocycles. The third-order valence-corrected chi connectivity index (χ3v) is 3.78. The van der Waals surface area contributed by atoms with Gasteiger partial charge in [0, 0.05) is 13.0 Å². The van der Waals surface area contributed by atoms with Gasteiger partial charge in [0.2, 0.25) is 17.8 Å². The van der Waals surface area contributed by atoms with Gasteiger partial charge in [-0.25, -0.2) is 5.10 Å². The van der Waals surface area contributed by atoms with E-state index in [0.29, 0.717) is 18.0 Å². The smallest absolute Gasteiger partial charge is 0.232 e. The van der Waals surface area contributed by atoms with E-state index < -0.39 is 5.92 Å². The third kappa shape index (κ3) is 3.01. The Balaban J connectivity index is 1.77. The molecule has 0 spiro atoms. The average Bonchev–Trinajstić information content (AvgIpc) is 3.16. The highest BCUT2D eigenvalue weighted by molar-refractivity contribution is 6.03. The highest BCUT2D eigenvalue weighted by atomic mass is 16.5. The second kappa shape index (κ2) is 6.07. The first kappa shape index (κ1) is 15.0. The molecule has 1 unspecified atom stereocenters. The molecule has 120 valence electrons. The predicted octanol–water partition coefficient (Wildman–Crippen LogP) is 1.11. The van der Waals surface area contributed by atoms with Gasteiger partial charge in [0.05, 0.1) is 18.7 Å². The lowest BCUT2D eigenvalue weighted by molar-refractivity contribution is -0.122. The Morgan fingerprint density at radius 2 is 2.30 bits per heavy atom. The Morgan fingerprint density at radius 3 is 3.00 bits per heavy atom. The van der Waals surface area contributed by atoms with Gasteiger partial charge in [-0.15, -0.1) is 0 Å². The van der Waals surface area contributed by atoms with Crippen molar-refractivity contribution in [3.63, 3.8) is 0 Å². The minimum absolute atomic E-state index is 0.105. The van der Waals surface area contributed by atoms with Crippen LogP contribution in [0.25, 0.3) is 0 Å². The Morgan fingerprint density at radius 1 is 1.48 bits per heavy atom. The van der Waals surface area contributed by atoms with E-state index in [4.69, 9.17) is 4.74 Å². The van der Waals surface area contributed by atoms with Crippen molar-refractivity contribution in [3.05, 3.63) is 30.1 Å². The van der Waals surface area contributed by atoms with E-state index in [-0.39, 0.29) is 24.2 Å². The second-order valence-corrected chi connectivity index (χ2v) is 5.40. The highest BCUT2D eigenvalue weighted by Gasteiger charge is 2.36. The maximum absolute atomic E-state index is 12.3. The Kier molecular flexibility index (Phi) is 3.96. The standard InChI is InChI=1S/C15H17N5O3/c1-9-3-4-12(23-2)11(5-9)20-7-10(6-13(20)21)14(22)18-15-16-8-17-19-15/h3-5,8,10H,6-7H2,1-2H3,(H2,16,17,18,19,22). The van der Waals surface area contributed by atoms with Gasteiger partial charge in [0.1, 0.15) is 12.1 Å². The molecule has 0 radical (unpaired) electrons. The molecule has 23 heavy (non-hydrogen) atoms. The molecule has 3 rings (SSSR count). The largest absolute Gasteiger partial charge is 0.495 e. The van der Waals surface area contributed by atoms with Crippen molar-refractivity contribution in [3.8, 4) is 5.75 Å².